The zero-order valence-electron chi connectivity index (χ0n) is 8.93. The van der Waals surface area contributed by atoms with Gasteiger partial charge in [-0.25, -0.2) is 13.6 Å². The van der Waals surface area contributed by atoms with Crippen LogP contribution in [-0.4, -0.2) is 16.1 Å². The summed E-state index contributed by atoms with van der Waals surface area (Å²) in [5.74, 6) is -3.02. The van der Waals surface area contributed by atoms with E-state index in [2.05, 4.69) is 4.98 Å². The van der Waals surface area contributed by atoms with Crippen LogP contribution in [0.4, 0.5) is 8.78 Å². The molecule has 0 saturated carbocycles. The molecule has 0 saturated heterocycles. The molecule has 2 rings (SSSR count). The van der Waals surface area contributed by atoms with Gasteiger partial charge in [0.05, 0.1) is 5.56 Å². The maximum atomic E-state index is 13.0. The molecular formula is C12H7F2NO2S. The number of pyridine rings is 1. The lowest BCUT2D eigenvalue weighted by Crippen LogP contribution is -1.99. The van der Waals surface area contributed by atoms with Crippen molar-refractivity contribution in [3.63, 3.8) is 0 Å². The van der Waals surface area contributed by atoms with Crippen molar-refractivity contribution in [2.75, 3.05) is 0 Å². The van der Waals surface area contributed by atoms with E-state index in [1.54, 1.807) is 0 Å². The standard InChI is InChI=1S/C12H7F2NO2S/c13-9-2-1-7(5-10(9)14)18-11-3-4-15-6-8(11)12(16)17/h1-6H,(H,16,17). The van der Waals surface area contributed by atoms with Gasteiger partial charge in [-0.2, -0.15) is 0 Å². The summed E-state index contributed by atoms with van der Waals surface area (Å²) in [6.07, 6.45) is 2.65. The van der Waals surface area contributed by atoms with Crippen LogP contribution in [0, 0.1) is 11.6 Å². The average Bonchev–Trinajstić information content (AvgIpc) is 2.34. The topological polar surface area (TPSA) is 50.2 Å². The summed E-state index contributed by atoms with van der Waals surface area (Å²) in [5, 5.41) is 8.95. The first-order valence-electron chi connectivity index (χ1n) is 4.88. The second-order valence-electron chi connectivity index (χ2n) is 3.35. The Bertz CT molecular complexity index is 604. The molecular weight excluding hydrogens is 260 g/mol. The number of halogens is 2. The Hall–Kier alpha value is -1.95. The molecule has 0 aliphatic carbocycles. The van der Waals surface area contributed by atoms with Crippen molar-refractivity contribution < 1.29 is 18.7 Å². The fourth-order valence-electron chi connectivity index (χ4n) is 1.30. The van der Waals surface area contributed by atoms with Crippen LogP contribution < -0.4 is 0 Å². The van der Waals surface area contributed by atoms with Gasteiger partial charge >= 0.3 is 5.97 Å². The zero-order chi connectivity index (χ0) is 13.1. The van der Waals surface area contributed by atoms with E-state index >= 15 is 0 Å². The summed E-state index contributed by atoms with van der Waals surface area (Å²) in [6, 6.07) is 4.91. The minimum absolute atomic E-state index is 0.0206. The molecule has 3 nitrogen and oxygen atoms in total. The predicted molar refractivity (Wildman–Crippen MR) is 61.7 cm³/mol. The SMILES string of the molecule is O=C(O)c1cnccc1Sc1ccc(F)c(F)c1. The highest BCUT2D eigenvalue weighted by Crippen LogP contribution is 2.30. The number of aromatic carboxylic acids is 1. The molecule has 6 heteroatoms. The van der Waals surface area contributed by atoms with Gasteiger partial charge < -0.3 is 5.11 Å². The van der Waals surface area contributed by atoms with Gasteiger partial charge in [0.15, 0.2) is 11.6 Å². The summed E-state index contributed by atoms with van der Waals surface area (Å²) in [6.45, 7) is 0. The van der Waals surface area contributed by atoms with E-state index < -0.39 is 17.6 Å². The molecule has 0 unspecified atom stereocenters. The van der Waals surface area contributed by atoms with E-state index in [1.165, 1.54) is 24.5 Å². The molecule has 18 heavy (non-hydrogen) atoms. The van der Waals surface area contributed by atoms with Crippen LogP contribution in [0.3, 0.4) is 0 Å². The second-order valence-corrected chi connectivity index (χ2v) is 4.47. The van der Waals surface area contributed by atoms with Gasteiger partial charge in [-0.05, 0) is 24.3 Å². The third kappa shape index (κ3) is 2.65. The molecule has 0 bridgehead atoms. The van der Waals surface area contributed by atoms with Gasteiger partial charge in [0.2, 0.25) is 0 Å². The number of aromatic nitrogens is 1. The highest BCUT2D eigenvalue weighted by atomic mass is 32.2. The minimum Gasteiger partial charge on any atom is -0.478 e. The smallest absolute Gasteiger partial charge is 0.338 e. The second kappa shape index (κ2) is 5.14. The molecule has 0 spiro atoms. The first kappa shape index (κ1) is 12.5. The number of hydrogen-bond acceptors (Lipinski definition) is 3. The molecule has 0 radical (unpaired) electrons. The van der Waals surface area contributed by atoms with Gasteiger partial charge in [0.25, 0.3) is 0 Å². The van der Waals surface area contributed by atoms with Gasteiger partial charge in [-0.3, -0.25) is 4.98 Å². The van der Waals surface area contributed by atoms with E-state index in [9.17, 15) is 13.6 Å². The number of carbonyl (C=O) groups is 1. The van der Waals surface area contributed by atoms with E-state index in [0.717, 1.165) is 23.9 Å². The van der Waals surface area contributed by atoms with Crippen molar-refractivity contribution in [3.8, 4) is 0 Å². The quantitative estimate of drug-likeness (QED) is 0.927. The number of carboxylic acid groups (broad SMARTS) is 1. The molecule has 1 aromatic carbocycles. The van der Waals surface area contributed by atoms with E-state index in [0.29, 0.717) is 9.79 Å². The molecule has 92 valence electrons. The van der Waals surface area contributed by atoms with Crippen molar-refractivity contribution >= 4 is 17.7 Å². The Morgan fingerprint density at radius 3 is 2.67 bits per heavy atom. The average molecular weight is 267 g/mol. The maximum absolute atomic E-state index is 13.0. The Labute approximate surface area is 105 Å². The summed E-state index contributed by atoms with van der Waals surface area (Å²) < 4.78 is 25.8. The fraction of sp³-hybridized carbons (Fsp3) is 0. The van der Waals surface area contributed by atoms with Gasteiger partial charge in [-0.15, -0.1) is 0 Å². The highest BCUT2D eigenvalue weighted by Gasteiger charge is 2.12. The normalized spacial score (nSPS) is 10.3. The molecule has 0 fully saturated rings. The fourth-order valence-corrected chi connectivity index (χ4v) is 2.23. The molecule has 1 aromatic heterocycles. The lowest BCUT2D eigenvalue weighted by atomic mass is 10.3. The lowest BCUT2D eigenvalue weighted by molar-refractivity contribution is 0.0692. The largest absolute Gasteiger partial charge is 0.478 e. The molecule has 0 aliphatic rings. The van der Waals surface area contributed by atoms with Crippen molar-refractivity contribution in [2.24, 2.45) is 0 Å². The predicted octanol–water partition coefficient (Wildman–Crippen LogP) is 3.21. The first-order chi connectivity index (χ1) is 8.58. The van der Waals surface area contributed by atoms with Crippen LogP contribution >= 0.6 is 11.8 Å². The van der Waals surface area contributed by atoms with Crippen LogP contribution in [0.1, 0.15) is 10.4 Å². The van der Waals surface area contributed by atoms with Crippen LogP contribution in [-0.2, 0) is 0 Å². The van der Waals surface area contributed by atoms with Crippen molar-refractivity contribution in [1.82, 2.24) is 4.98 Å². The number of rotatable bonds is 3. The third-order valence-electron chi connectivity index (χ3n) is 2.13. The summed E-state index contributed by atoms with van der Waals surface area (Å²) in [7, 11) is 0. The number of nitrogens with zero attached hydrogens (tertiary/aromatic N) is 1. The number of hydrogen-bond donors (Lipinski definition) is 1. The molecule has 1 heterocycles. The molecule has 0 aliphatic heterocycles. The van der Waals surface area contributed by atoms with Crippen molar-refractivity contribution in [1.29, 1.82) is 0 Å². The van der Waals surface area contributed by atoms with Crippen LogP contribution in [0.25, 0.3) is 0 Å². The Morgan fingerprint density at radius 2 is 2.00 bits per heavy atom. The Balaban J connectivity index is 2.34. The van der Waals surface area contributed by atoms with E-state index in [-0.39, 0.29) is 5.56 Å². The summed E-state index contributed by atoms with van der Waals surface area (Å²) in [4.78, 5) is 15.5. The molecule has 0 amide bonds. The number of carboxylic acids is 1. The minimum atomic E-state index is -1.12. The van der Waals surface area contributed by atoms with Gasteiger partial charge in [-0.1, -0.05) is 11.8 Å². The van der Waals surface area contributed by atoms with Crippen molar-refractivity contribution in [2.45, 2.75) is 9.79 Å². The summed E-state index contributed by atoms with van der Waals surface area (Å²) >= 11 is 1.04. The highest BCUT2D eigenvalue weighted by molar-refractivity contribution is 7.99. The van der Waals surface area contributed by atoms with E-state index in [4.69, 9.17) is 5.11 Å². The molecule has 1 N–H and O–H groups in total. The zero-order valence-corrected chi connectivity index (χ0v) is 9.75. The number of benzene rings is 1. The van der Waals surface area contributed by atoms with Crippen LogP contribution in [0.15, 0.2) is 46.5 Å². The monoisotopic (exact) mass is 267 g/mol. The van der Waals surface area contributed by atoms with Gasteiger partial charge in [0.1, 0.15) is 0 Å². The lowest BCUT2D eigenvalue weighted by Gasteiger charge is -2.05. The van der Waals surface area contributed by atoms with Crippen molar-refractivity contribution in [3.05, 3.63) is 53.9 Å². The van der Waals surface area contributed by atoms with E-state index in [1.807, 2.05) is 0 Å². The van der Waals surface area contributed by atoms with Gasteiger partial charge in [0, 0.05) is 22.2 Å². The molecule has 0 atom stereocenters. The third-order valence-corrected chi connectivity index (χ3v) is 3.20. The van der Waals surface area contributed by atoms with Crippen LogP contribution in [0.5, 0.6) is 0 Å². The Morgan fingerprint density at radius 1 is 1.22 bits per heavy atom. The Kier molecular flexibility index (Phi) is 3.57. The molecule has 2 aromatic rings. The van der Waals surface area contributed by atoms with Crippen LogP contribution in [0.2, 0.25) is 0 Å². The first-order valence-corrected chi connectivity index (χ1v) is 5.70. The maximum Gasteiger partial charge on any atom is 0.338 e. The summed E-state index contributed by atoms with van der Waals surface area (Å²) in [5.41, 5.74) is 0.0206.